The molecule has 0 radical (unpaired) electrons. The van der Waals surface area contributed by atoms with Gasteiger partial charge in [-0.3, -0.25) is 0 Å². The summed E-state index contributed by atoms with van der Waals surface area (Å²) in [4.78, 5) is 0. The number of likely N-dealkylation sites (N-methyl/N-ethyl adjacent to an activating group) is 1. The van der Waals surface area contributed by atoms with Crippen LogP contribution in [0.3, 0.4) is 0 Å². The average molecular weight is 304 g/mol. The lowest BCUT2D eigenvalue weighted by molar-refractivity contribution is 0.623. The van der Waals surface area contributed by atoms with Gasteiger partial charge in [0, 0.05) is 16.9 Å². The van der Waals surface area contributed by atoms with E-state index in [0.29, 0.717) is 5.92 Å². The minimum atomic E-state index is 0.493. The highest BCUT2D eigenvalue weighted by Gasteiger charge is 2.13. The fourth-order valence-electron chi connectivity index (χ4n) is 2.24. The van der Waals surface area contributed by atoms with Gasteiger partial charge in [-0.15, -0.1) is 0 Å². The van der Waals surface area contributed by atoms with Crippen LogP contribution in [0.4, 0.5) is 0 Å². The minimum absolute atomic E-state index is 0.493. The Labute approximate surface area is 117 Å². The van der Waals surface area contributed by atoms with Crippen molar-refractivity contribution in [2.75, 3.05) is 13.6 Å². The number of hydrogen-bond acceptors (Lipinski definition) is 1. The molecule has 0 aliphatic carbocycles. The molecule has 0 saturated heterocycles. The van der Waals surface area contributed by atoms with Gasteiger partial charge in [-0.25, -0.2) is 0 Å². The summed E-state index contributed by atoms with van der Waals surface area (Å²) in [6.45, 7) is 0.984. The first kappa shape index (κ1) is 13.3. The van der Waals surface area contributed by atoms with Crippen LogP contribution >= 0.6 is 15.9 Å². The molecule has 0 fully saturated rings. The molecule has 0 aliphatic heterocycles. The third kappa shape index (κ3) is 3.44. The minimum Gasteiger partial charge on any atom is -0.319 e. The molecule has 0 bridgehead atoms. The molecule has 2 rings (SSSR count). The summed E-state index contributed by atoms with van der Waals surface area (Å²) < 4.78 is 1.20. The number of rotatable bonds is 5. The van der Waals surface area contributed by atoms with Gasteiger partial charge in [0.05, 0.1) is 0 Å². The van der Waals surface area contributed by atoms with Crippen molar-refractivity contribution in [1.82, 2.24) is 5.32 Å². The second kappa shape index (κ2) is 6.72. The zero-order valence-corrected chi connectivity index (χ0v) is 12.2. The third-order valence-corrected chi connectivity index (χ3v) is 3.84. The molecule has 1 N–H and O–H groups in total. The first-order valence-electron chi connectivity index (χ1n) is 6.24. The Balaban J connectivity index is 2.21. The Kier molecular flexibility index (Phi) is 4.97. The van der Waals surface area contributed by atoms with E-state index < -0.39 is 0 Å². The van der Waals surface area contributed by atoms with E-state index in [-0.39, 0.29) is 0 Å². The average Bonchev–Trinajstić information content (AvgIpc) is 2.40. The standard InChI is InChI=1S/C16H18BrN/c1-18-12-14(11-13-7-3-2-4-8-13)15-9-5-6-10-16(15)17/h2-10,14,18H,11-12H2,1H3. The summed E-state index contributed by atoms with van der Waals surface area (Å²) in [6, 6.07) is 19.1. The smallest absolute Gasteiger partial charge is 0.0210 e. The summed E-state index contributed by atoms with van der Waals surface area (Å²) in [6.07, 6.45) is 1.06. The molecule has 0 heterocycles. The molecule has 1 atom stereocenters. The molecule has 94 valence electrons. The topological polar surface area (TPSA) is 12.0 Å². The Morgan fingerprint density at radius 3 is 2.33 bits per heavy atom. The second-order valence-corrected chi connectivity index (χ2v) is 5.32. The van der Waals surface area contributed by atoms with E-state index in [9.17, 15) is 0 Å². The normalized spacial score (nSPS) is 12.3. The lowest BCUT2D eigenvalue weighted by atomic mass is 9.92. The molecule has 0 spiro atoms. The van der Waals surface area contributed by atoms with E-state index in [4.69, 9.17) is 0 Å². The first-order valence-corrected chi connectivity index (χ1v) is 7.03. The van der Waals surface area contributed by atoms with Crippen LogP contribution in [0.25, 0.3) is 0 Å². The van der Waals surface area contributed by atoms with Crippen LogP contribution < -0.4 is 5.32 Å². The number of nitrogens with one attached hydrogen (secondary N) is 1. The zero-order chi connectivity index (χ0) is 12.8. The van der Waals surface area contributed by atoms with Gasteiger partial charge in [0.25, 0.3) is 0 Å². The molecule has 1 nitrogen and oxygen atoms in total. The summed E-state index contributed by atoms with van der Waals surface area (Å²) in [5.74, 6) is 0.493. The Morgan fingerprint density at radius 2 is 1.67 bits per heavy atom. The monoisotopic (exact) mass is 303 g/mol. The molecule has 2 aromatic rings. The Bertz CT molecular complexity index is 481. The maximum absolute atomic E-state index is 3.65. The molecule has 0 saturated carbocycles. The van der Waals surface area contributed by atoms with Gasteiger partial charge < -0.3 is 5.32 Å². The maximum Gasteiger partial charge on any atom is 0.0210 e. The van der Waals surface area contributed by atoms with Crippen molar-refractivity contribution in [2.24, 2.45) is 0 Å². The van der Waals surface area contributed by atoms with Gasteiger partial charge in [0.15, 0.2) is 0 Å². The largest absolute Gasteiger partial charge is 0.319 e. The first-order chi connectivity index (χ1) is 8.81. The van der Waals surface area contributed by atoms with E-state index >= 15 is 0 Å². The fourth-order valence-corrected chi connectivity index (χ4v) is 2.85. The van der Waals surface area contributed by atoms with Crippen LogP contribution in [0.5, 0.6) is 0 Å². The van der Waals surface area contributed by atoms with Gasteiger partial charge in [-0.1, -0.05) is 64.5 Å². The van der Waals surface area contributed by atoms with Crippen molar-refractivity contribution in [3.05, 3.63) is 70.2 Å². The quantitative estimate of drug-likeness (QED) is 0.880. The van der Waals surface area contributed by atoms with Gasteiger partial charge in [-0.2, -0.15) is 0 Å². The summed E-state index contributed by atoms with van der Waals surface area (Å²) in [5, 5.41) is 3.29. The SMILES string of the molecule is CNCC(Cc1ccccc1)c1ccccc1Br. The van der Waals surface area contributed by atoms with Gasteiger partial charge in [0.2, 0.25) is 0 Å². The van der Waals surface area contributed by atoms with Crippen molar-refractivity contribution in [2.45, 2.75) is 12.3 Å². The lowest BCUT2D eigenvalue weighted by Crippen LogP contribution is -2.19. The van der Waals surface area contributed by atoms with Crippen LogP contribution in [-0.4, -0.2) is 13.6 Å². The Morgan fingerprint density at radius 1 is 1.00 bits per heavy atom. The van der Waals surface area contributed by atoms with Crippen LogP contribution in [0.15, 0.2) is 59.1 Å². The van der Waals surface area contributed by atoms with Crippen LogP contribution in [0.2, 0.25) is 0 Å². The fraction of sp³-hybridized carbons (Fsp3) is 0.250. The van der Waals surface area contributed by atoms with E-state index in [1.165, 1.54) is 15.6 Å². The highest BCUT2D eigenvalue weighted by molar-refractivity contribution is 9.10. The molecular formula is C16H18BrN. The lowest BCUT2D eigenvalue weighted by Gasteiger charge is -2.18. The molecular weight excluding hydrogens is 286 g/mol. The van der Waals surface area contributed by atoms with Crippen molar-refractivity contribution in [1.29, 1.82) is 0 Å². The van der Waals surface area contributed by atoms with Crippen molar-refractivity contribution >= 4 is 15.9 Å². The van der Waals surface area contributed by atoms with E-state index in [0.717, 1.165) is 13.0 Å². The van der Waals surface area contributed by atoms with Crippen LogP contribution in [-0.2, 0) is 6.42 Å². The summed E-state index contributed by atoms with van der Waals surface area (Å²) >= 11 is 3.65. The summed E-state index contributed by atoms with van der Waals surface area (Å²) in [5.41, 5.74) is 2.75. The number of benzene rings is 2. The van der Waals surface area contributed by atoms with Gasteiger partial charge in [0.1, 0.15) is 0 Å². The zero-order valence-electron chi connectivity index (χ0n) is 10.6. The molecule has 0 amide bonds. The van der Waals surface area contributed by atoms with Crippen molar-refractivity contribution in [3.8, 4) is 0 Å². The van der Waals surface area contributed by atoms with Gasteiger partial charge in [-0.05, 0) is 30.7 Å². The predicted molar refractivity (Wildman–Crippen MR) is 81.0 cm³/mol. The molecule has 0 aliphatic rings. The maximum atomic E-state index is 3.65. The molecule has 0 aromatic heterocycles. The molecule has 2 aromatic carbocycles. The highest BCUT2D eigenvalue weighted by atomic mass is 79.9. The van der Waals surface area contributed by atoms with E-state index in [2.05, 4.69) is 75.8 Å². The molecule has 1 unspecified atom stereocenters. The number of halogens is 1. The number of hydrogen-bond donors (Lipinski definition) is 1. The van der Waals surface area contributed by atoms with Crippen LogP contribution in [0.1, 0.15) is 17.0 Å². The van der Waals surface area contributed by atoms with Crippen molar-refractivity contribution in [3.63, 3.8) is 0 Å². The van der Waals surface area contributed by atoms with Crippen LogP contribution in [0, 0.1) is 0 Å². The van der Waals surface area contributed by atoms with Crippen molar-refractivity contribution < 1.29 is 0 Å². The molecule has 18 heavy (non-hydrogen) atoms. The molecule has 2 heteroatoms. The van der Waals surface area contributed by atoms with E-state index in [1.54, 1.807) is 0 Å². The predicted octanol–water partition coefficient (Wildman–Crippen LogP) is 3.99. The second-order valence-electron chi connectivity index (χ2n) is 4.47. The highest BCUT2D eigenvalue weighted by Crippen LogP contribution is 2.27. The third-order valence-electron chi connectivity index (χ3n) is 3.12. The van der Waals surface area contributed by atoms with Gasteiger partial charge >= 0.3 is 0 Å². The van der Waals surface area contributed by atoms with E-state index in [1.807, 2.05) is 7.05 Å². The Hall–Kier alpha value is -1.12. The summed E-state index contributed by atoms with van der Waals surface area (Å²) in [7, 11) is 2.01.